The standard InChI is InChI=1S/C7H7F2N.C2H6/c1-10-7-3-2-5(8)4-6(7)9;1-2/h2-4,10H,1H3;1-2H3. The van der Waals surface area contributed by atoms with Gasteiger partial charge in [-0.15, -0.1) is 0 Å². The molecule has 0 aliphatic rings. The second-order valence-corrected chi connectivity index (χ2v) is 1.87. The number of hydrogen-bond acceptors (Lipinski definition) is 1. The van der Waals surface area contributed by atoms with Gasteiger partial charge in [-0.05, 0) is 12.1 Å². The van der Waals surface area contributed by atoms with E-state index in [9.17, 15) is 8.78 Å². The Kier molecular flexibility index (Phi) is 5.00. The minimum absolute atomic E-state index is 0.307. The van der Waals surface area contributed by atoms with Crippen molar-refractivity contribution < 1.29 is 8.78 Å². The van der Waals surface area contributed by atoms with Gasteiger partial charge in [-0.1, -0.05) is 13.8 Å². The molecule has 1 aromatic rings. The van der Waals surface area contributed by atoms with E-state index in [1.807, 2.05) is 13.8 Å². The molecule has 1 aromatic carbocycles. The lowest BCUT2D eigenvalue weighted by atomic mass is 10.3. The summed E-state index contributed by atoms with van der Waals surface area (Å²) in [5.41, 5.74) is 0.307. The number of benzene rings is 1. The van der Waals surface area contributed by atoms with Gasteiger partial charge in [0.1, 0.15) is 11.6 Å². The fraction of sp³-hybridized carbons (Fsp3) is 0.333. The van der Waals surface area contributed by atoms with Gasteiger partial charge < -0.3 is 5.32 Å². The first-order chi connectivity index (χ1) is 5.74. The van der Waals surface area contributed by atoms with Crippen molar-refractivity contribution in [2.45, 2.75) is 13.8 Å². The van der Waals surface area contributed by atoms with E-state index in [4.69, 9.17) is 0 Å². The van der Waals surface area contributed by atoms with Crippen LogP contribution in [-0.4, -0.2) is 7.05 Å². The van der Waals surface area contributed by atoms with Gasteiger partial charge in [-0.3, -0.25) is 0 Å². The minimum Gasteiger partial charge on any atom is -0.386 e. The number of anilines is 1. The Bertz CT molecular complexity index is 236. The van der Waals surface area contributed by atoms with Crippen LogP contribution in [0.15, 0.2) is 18.2 Å². The highest BCUT2D eigenvalue weighted by Gasteiger charge is 1.99. The smallest absolute Gasteiger partial charge is 0.149 e. The van der Waals surface area contributed by atoms with Crippen molar-refractivity contribution >= 4 is 5.69 Å². The summed E-state index contributed by atoms with van der Waals surface area (Å²) in [5.74, 6) is -1.13. The molecule has 0 heterocycles. The molecule has 0 amide bonds. The topological polar surface area (TPSA) is 12.0 Å². The normalized spacial score (nSPS) is 8.42. The number of rotatable bonds is 1. The van der Waals surface area contributed by atoms with Gasteiger partial charge in [0.05, 0.1) is 5.69 Å². The van der Waals surface area contributed by atoms with Gasteiger partial charge in [0.2, 0.25) is 0 Å². The zero-order valence-corrected chi connectivity index (χ0v) is 7.49. The maximum Gasteiger partial charge on any atom is 0.149 e. The van der Waals surface area contributed by atoms with E-state index >= 15 is 0 Å². The molecule has 0 fully saturated rings. The van der Waals surface area contributed by atoms with Crippen LogP contribution in [0.25, 0.3) is 0 Å². The van der Waals surface area contributed by atoms with Crippen molar-refractivity contribution in [1.82, 2.24) is 0 Å². The Labute approximate surface area is 71.4 Å². The van der Waals surface area contributed by atoms with Crippen LogP contribution in [0.1, 0.15) is 13.8 Å². The molecule has 1 rings (SSSR count). The summed E-state index contributed by atoms with van der Waals surface area (Å²) in [6, 6.07) is 3.39. The van der Waals surface area contributed by atoms with Crippen LogP contribution in [0.3, 0.4) is 0 Å². The summed E-state index contributed by atoms with van der Waals surface area (Å²) in [5, 5.41) is 2.58. The average molecular weight is 173 g/mol. The fourth-order valence-corrected chi connectivity index (χ4v) is 0.692. The Morgan fingerprint density at radius 1 is 1.17 bits per heavy atom. The molecule has 0 bridgehead atoms. The molecule has 0 atom stereocenters. The lowest BCUT2D eigenvalue weighted by Gasteiger charge is -1.99. The summed E-state index contributed by atoms with van der Waals surface area (Å²) < 4.78 is 24.8. The molecule has 0 aromatic heterocycles. The second-order valence-electron chi connectivity index (χ2n) is 1.87. The molecule has 0 unspecified atom stereocenters. The van der Waals surface area contributed by atoms with E-state index in [0.29, 0.717) is 5.69 Å². The zero-order valence-electron chi connectivity index (χ0n) is 7.49. The molecular formula is C9H13F2N. The van der Waals surface area contributed by atoms with Gasteiger partial charge in [-0.2, -0.15) is 0 Å². The minimum atomic E-state index is -0.567. The maximum atomic E-state index is 12.5. The van der Waals surface area contributed by atoms with E-state index < -0.39 is 11.6 Å². The monoisotopic (exact) mass is 173 g/mol. The molecule has 0 aliphatic heterocycles. The summed E-state index contributed by atoms with van der Waals surface area (Å²) in [6.45, 7) is 4.00. The highest BCUT2D eigenvalue weighted by Crippen LogP contribution is 2.13. The van der Waals surface area contributed by atoms with Crippen molar-refractivity contribution in [3.63, 3.8) is 0 Å². The first kappa shape index (κ1) is 10.9. The maximum absolute atomic E-state index is 12.5. The summed E-state index contributed by atoms with van der Waals surface area (Å²) >= 11 is 0. The van der Waals surface area contributed by atoms with Gasteiger partial charge >= 0.3 is 0 Å². The Hall–Kier alpha value is -1.12. The van der Waals surface area contributed by atoms with Crippen LogP contribution in [0.2, 0.25) is 0 Å². The first-order valence-corrected chi connectivity index (χ1v) is 3.87. The molecule has 12 heavy (non-hydrogen) atoms. The summed E-state index contributed by atoms with van der Waals surface area (Å²) in [4.78, 5) is 0. The number of nitrogens with one attached hydrogen (secondary N) is 1. The van der Waals surface area contributed by atoms with E-state index in [1.165, 1.54) is 12.1 Å². The highest BCUT2D eigenvalue weighted by molar-refractivity contribution is 5.43. The number of halogens is 2. The Balaban J connectivity index is 0.000000561. The van der Waals surface area contributed by atoms with Gasteiger partial charge in [0.25, 0.3) is 0 Å². The molecule has 0 aliphatic carbocycles. The molecule has 3 heteroatoms. The summed E-state index contributed by atoms with van der Waals surface area (Å²) in [7, 11) is 1.58. The third kappa shape index (κ3) is 2.86. The average Bonchev–Trinajstić information content (AvgIpc) is 2.08. The van der Waals surface area contributed by atoms with Crippen LogP contribution in [-0.2, 0) is 0 Å². The lowest BCUT2D eigenvalue weighted by Crippen LogP contribution is -1.92. The zero-order chi connectivity index (χ0) is 9.56. The first-order valence-electron chi connectivity index (χ1n) is 3.87. The molecule has 68 valence electrons. The predicted octanol–water partition coefficient (Wildman–Crippen LogP) is 3.03. The Morgan fingerprint density at radius 3 is 2.17 bits per heavy atom. The fourth-order valence-electron chi connectivity index (χ4n) is 0.692. The van der Waals surface area contributed by atoms with Crippen molar-refractivity contribution in [2.24, 2.45) is 0 Å². The van der Waals surface area contributed by atoms with E-state index in [0.717, 1.165) is 6.07 Å². The summed E-state index contributed by atoms with van der Waals surface area (Å²) in [6.07, 6.45) is 0. The van der Waals surface area contributed by atoms with Gasteiger partial charge in [-0.25, -0.2) is 8.78 Å². The second kappa shape index (κ2) is 5.52. The Morgan fingerprint density at radius 2 is 1.75 bits per heavy atom. The molecule has 1 nitrogen and oxygen atoms in total. The van der Waals surface area contributed by atoms with Crippen LogP contribution in [0.4, 0.5) is 14.5 Å². The van der Waals surface area contributed by atoms with Crippen molar-refractivity contribution in [1.29, 1.82) is 0 Å². The van der Waals surface area contributed by atoms with Crippen molar-refractivity contribution in [3.05, 3.63) is 29.8 Å². The van der Waals surface area contributed by atoms with E-state index in [1.54, 1.807) is 7.05 Å². The predicted molar refractivity (Wildman–Crippen MR) is 47.3 cm³/mol. The van der Waals surface area contributed by atoms with E-state index in [-0.39, 0.29) is 0 Å². The molecular weight excluding hydrogens is 160 g/mol. The molecule has 0 saturated heterocycles. The third-order valence-corrected chi connectivity index (χ3v) is 1.20. The molecule has 0 spiro atoms. The molecule has 1 N–H and O–H groups in total. The van der Waals surface area contributed by atoms with Gasteiger partial charge in [0.15, 0.2) is 0 Å². The quantitative estimate of drug-likeness (QED) is 0.688. The third-order valence-electron chi connectivity index (χ3n) is 1.20. The number of hydrogen-bond donors (Lipinski definition) is 1. The van der Waals surface area contributed by atoms with Crippen LogP contribution < -0.4 is 5.32 Å². The molecule has 0 radical (unpaired) electrons. The van der Waals surface area contributed by atoms with Crippen LogP contribution in [0.5, 0.6) is 0 Å². The highest BCUT2D eigenvalue weighted by atomic mass is 19.1. The SMILES string of the molecule is CC.CNc1ccc(F)cc1F. The molecule has 0 saturated carbocycles. The van der Waals surface area contributed by atoms with Crippen molar-refractivity contribution in [2.75, 3.05) is 12.4 Å². The largest absolute Gasteiger partial charge is 0.386 e. The van der Waals surface area contributed by atoms with Crippen molar-refractivity contribution in [3.8, 4) is 0 Å². The van der Waals surface area contributed by atoms with E-state index in [2.05, 4.69) is 5.32 Å². The lowest BCUT2D eigenvalue weighted by molar-refractivity contribution is 0.585. The van der Waals surface area contributed by atoms with Gasteiger partial charge in [0, 0.05) is 13.1 Å². The van der Waals surface area contributed by atoms with Crippen LogP contribution in [0, 0.1) is 11.6 Å². The van der Waals surface area contributed by atoms with Crippen LogP contribution >= 0.6 is 0 Å².